The topological polar surface area (TPSA) is 60.5 Å². The highest BCUT2D eigenvalue weighted by Crippen LogP contribution is 2.36. The molecular formula is C14H11Cl3N2O3. The number of methoxy groups -OCH3 is 2. The van der Waals surface area contributed by atoms with Crippen LogP contribution in [0, 0.1) is 0 Å². The molecule has 8 heteroatoms. The van der Waals surface area contributed by atoms with Gasteiger partial charge in [0.1, 0.15) is 16.7 Å². The van der Waals surface area contributed by atoms with Gasteiger partial charge < -0.3 is 14.8 Å². The molecule has 1 amide bonds. The van der Waals surface area contributed by atoms with E-state index in [9.17, 15) is 4.79 Å². The molecule has 0 saturated carbocycles. The lowest BCUT2D eigenvalue weighted by Gasteiger charge is -2.13. The summed E-state index contributed by atoms with van der Waals surface area (Å²) in [6, 6.07) is 4.53. The van der Waals surface area contributed by atoms with Crippen molar-refractivity contribution in [3.63, 3.8) is 0 Å². The molecule has 1 N–H and O–H groups in total. The maximum atomic E-state index is 12.2. The summed E-state index contributed by atoms with van der Waals surface area (Å²) in [5.41, 5.74) is 0.658. The first-order valence-electron chi connectivity index (χ1n) is 6.00. The monoisotopic (exact) mass is 360 g/mol. The number of nitrogens with one attached hydrogen (secondary N) is 1. The van der Waals surface area contributed by atoms with Gasteiger partial charge in [-0.1, -0.05) is 34.8 Å². The number of rotatable bonds is 4. The van der Waals surface area contributed by atoms with E-state index in [1.54, 1.807) is 12.1 Å². The van der Waals surface area contributed by atoms with Crippen molar-refractivity contribution in [1.82, 2.24) is 4.98 Å². The zero-order valence-electron chi connectivity index (χ0n) is 11.6. The molecule has 1 heterocycles. The van der Waals surface area contributed by atoms with Crippen LogP contribution in [0.3, 0.4) is 0 Å². The molecule has 116 valence electrons. The standard InChI is InChI=1S/C14H11Cl3N2O3/c1-21-11-5-10(12(22-2)4-8(11)15)19-14(20)7-3-9(16)13(17)18-6-7/h3-6H,1-2H3,(H,19,20). The van der Waals surface area contributed by atoms with Gasteiger partial charge in [-0.3, -0.25) is 4.79 Å². The Bertz CT molecular complexity index is 723. The Morgan fingerprint density at radius 2 is 1.73 bits per heavy atom. The van der Waals surface area contributed by atoms with Crippen molar-refractivity contribution in [1.29, 1.82) is 0 Å². The molecule has 0 spiro atoms. The molecule has 0 aliphatic heterocycles. The van der Waals surface area contributed by atoms with E-state index in [0.29, 0.717) is 22.2 Å². The molecular weight excluding hydrogens is 351 g/mol. The number of anilines is 1. The third-order valence-corrected chi connectivity index (χ3v) is 3.76. The first kappa shape index (κ1) is 16.7. The zero-order chi connectivity index (χ0) is 16.3. The summed E-state index contributed by atoms with van der Waals surface area (Å²) in [6.45, 7) is 0. The molecule has 0 aliphatic carbocycles. The van der Waals surface area contributed by atoms with Crippen molar-refractivity contribution in [3.05, 3.63) is 45.2 Å². The number of nitrogens with zero attached hydrogens (tertiary/aromatic N) is 1. The van der Waals surface area contributed by atoms with E-state index < -0.39 is 5.91 Å². The first-order valence-corrected chi connectivity index (χ1v) is 7.13. The van der Waals surface area contributed by atoms with Crippen LogP contribution in [0.4, 0.5) is 5.69 Å². The Labute approximate surface area is 142 Å². The van der Waals surface area contributed by atoms with Crippen LogP contribution in [-0.4, -0.2) is 25.1 Å². The van der Waals surface area contributed by atoms with E-state index in [1.807, 2.05) is 0 Å². The number of ether oxygens (including phenoxy) is 2. The summed E-state index contributed by atoms with van der Waals surface area (Å²) in [4.78, 5) is 16.1. The number of benzene rings is 1. The lowest BCUT2D eigenvalue weighted by atomic mass is 10.2. The molecule has 0 atom stereocenters. The average molecular weight is 362 g/mol. The number of halogens is 3. The van der Waals surface area contributed by atoms with E-state index >= 15 is 0 Å². The van der Waals surface area contributed by atoms with Crippen molar-refractivity contribution < 1.29 is 14.3 Å². The molecule has 5 nitrogen and oxygen atoms in total. The van der Waals surface area contributed by atoms with Gasteiger partial charge in [0.15, 0.2) is 0 Å². The second kappa shape index (κ2) is 7.05. The summed E-state index contributed by atoms with van der Waals surface area (Å²) in [5, 5.41) is 3.37. The molecule has 2 rings (SSSR count). The van der Waals surface area contributed by atoms with Gasteiger partial charge >= 0.3 is 0 Å². The fourth-order valence-corrected chi connectivity index (χ4v) is 2.20. The van der Waals surface area contributed by atoms with Gasteiger partial charge in [-0.05, 0) is 6.07 Å². The van der Waals surface area contributed by atoms with Crippen LogP contribution in [0.2, 0.25) is 15.2 Å². The lowest BCUT2D eigenvalue weighted by Crippen LogP contribution is -2.13. The Kier molecular flexibility index (Phi) is 5.34. The largest absolute Gasteiger partial charge is 0.495 e. The molecule has 0 saturated heterocycles. The number of pyridine rings is 1. The Morgan fingerprint density at radius 1 is 1.05 bits per heavy atom. The molecule has 1 aromatic heterocycles. The molecule has 0 fully saturated rings. The minimum Gasteiger partial charge on any atom is -0.495 e. The highest BCUT2D eigenvalue weighted by molar-refractivity contribution is 6.41. The minimum absolute atomic E-state index is 0.129. The molecule has 0 radical (unpaired) electrons. The summed E-state index contributed by atoms with van der Waals surface area (Å²) < 4.78 is 10.3. The normalized spacial score (nSPS) is 10.2. The molecule has 2 aromatic rings. The number of carbonyl (C=O) groups is 1. The van der Waals surface area contributed by atoms with Crippen LogP contribution in [0.15, 0.2) is 24.4 Å². The molecule has 22 heavy (non-hydrogen) atoms. The van der Waals surface area contributed by atoms with E-state index in [4.69, 9.17) is 44.3 Å². The van der Waals surface area contributed by atoms with E-state index in [1.165, 1.54) is 26.5 Å². The van der Waals surface area contributed by atoms with E-state index in [2.05, 4.69) is 10.3 Å². The second-order valence-electron chi connectivity index (χ2n) is 4.14. The molecule has 1 aromatic carbocycles. The first-order chi connectivity index (χ1) is 10.5. The predicted octanol–water partition coefficient (Wildman–Crippen LogP) is 4.31. The van der Waals surface area contributed by atoms with Gasteiger partial charge in [-0.15, -0.1) is 0 Å². The van der Waals surface area contributed by atoms with Crippen LogP contribution in [0.1, 0.15) is 10.4 Å². The van der Waals surface area contributed by atoms with Gasteiger partial charge in [0.2, 0.25) is 0 Å². The Hall–Kier alpha value is -1.69. The van der Waals surface area contributed by atoms with Gasteiger partial charge in [0.05, 0.1) is 35.5 Å². The summed E-state index contributed by atoms with van der Waals surface area (Å²) in [5.74, 6) is 0.381. The highest BCUT2D eigenvalue weighted by atomic mass is 35.5. The quantitative estimate of drug-likeness (QED) is 0.824. The third-order valence-electron chi connectivity index (χ3n) is 2.78. The Balaban J connectivity index is 2.32. The maximum Gasteiger partial charge on any atom is 0.257 e. The van der Waals surface area contributed by atoms with Crippen LogP contribution in [0.25, 0.3) is 0 Å². The molecule has 0 bridgehead atoms. The fraction of sp³-hybridized carbons (Fsp3) is 0.143. The van der Waals surface area contributed by atoms with Crippen molar-refractivity contribution in [3.8, 4) is 11.5 Å². The van der Waals surface area contributed by atoms with Gasteiger partial charge in [-0.25, -0.2) is 4.98 Å². The summed E-state index contributed by atoms with van der Waals surface area (Å²) in [6.07, 6.45) is 1.32. The fourth-order valence-electron chi connectivity index (χ4n) is 1.70. The van der Waals surface area contributed by atoms with Crippen molar-refractivity contribution in [2.75, 3.05) is 19.5 Å². The number of aromatic nitrogens is 1. The zero-order valence-corrected chi connectivity index (χ0v) is 13.9. The van der Waals surface area contributed by atoms with Crippen LogP contribution in [0.5, 0.6) is 11.5 Å². The number of hydrogen-bond donors (Lipinski definition) is 1. The number of hydrogen-bond acceptors (Lipinski definition) is 4. The molecule has 0 unspecified atom stereocenters. The van der Waals surface area contributed by atoms with E-state index in [-0.39, 0.29) is 15.7 Å². The average Bonchev–Trinajstić information content (AvgIpc) is 2.51. The van der Waals surface area contributed by atoms with Crippen molar-refractivity contribution in [2.45, 2.75) is 0 Å². The van der Waals surface area contributed by atoms with Gasteiger partial charge in [0, 0.05) is 18.3 Å². The number of carbonyl (C=O) groups excluding carboxylic acids is 1. The van der Waals surface area contributed by atoms with Gasteiger partial charge in [0.25, 0.3) is 5.91 Å². The minimum atomic E-state index is -0.422. The third kappa shape index (κ3) is 3.55. The van der Waals surface area contributed by atoms with Gasteiger partial charge in [-0.2, -0.15) is 0 Å². The molecule has 0 aliphatic rings. The number of amides is 1. The lowest BCUT2D eigenvalue weighted by molar-refractivity contribution is 0.102. The predicted molar refractivity (Wildman–Crippen MR) is 86.8 cm³/mol. The second-order valence-corrected chi connectivity index (χ2v) is 5.31. The van der Waals surface area contributed by atoms with Crippen LogP contribution in [-0.2, 0) is 0 Å². The Morgan fingerprint density at radius 3 is 2.32 bits per heavy atom. The van der Waals surface area contributed by atoms with Crippen LogP contribution >= 0.6 is 34.8 Å². The maximum absolute atomic E-state index is 12.2. The summed E-state index contributed by atoms with van der Waals surface area (Å²) in [7, 11) is 2.94. The smallest absolute Gasteiger partial charge is 0.257 e. The highest BCUT2D eigenvalue weighted by Gasteiger charge is 2.15. The van der Waals surface area contributed by atoms with Crippen molar-refractivity contribution in [2.24, 2.45) is 0 Å². The van der Waals surface area contributed by atoms with E-state index in [0.717, 1.165) is 0 Å². The van der Waals surface area contributed by atoms with Crippen molar-refractivity contribution >= 4 is 46.4 Å². The SMILES string of the molecule is COc1cc(NC(=O)c2cnc(Cl)c(Cl)c2)c(OC)cc1Cl. The van der Waals surface area contributed by atoms with Crippen LogP contribution < -0.4 is 14.8 Å². The summed E-state index contributed by atoms with van der Waals surface area (Å²) >= 11 is 17.6.